The standard InChI is InChI=1S/C11H7Br2FS/c12-9-5-7(1-2-10(9)14)11(13)8-3-4-15-6-8/h1-6,11H. The van der Waals surface area contributed by atoms with Crippen LogP contribution in [0.1, 0.15) is 16.0 Å². The average molecular weight is 350 g/mol. The molecule has 1 unspecified atom stereocenters. The maximum Gasteiger partial charge on any atom is 0.137 e. The first kappa shape index (κ1) is 11.3. The quantitative estimate of drug-likeness (QED) is 0.659. The first-order valence-corrected chi connectivity index (χ1v) is 6.95. The van der Waals surface area contributed by atoms with Crippen LogP contribution in [0.25, 0.3) is 0 Å². The molecule has 4 heteroatoms. The van der Waals surface area contributed by atoms with Crippen LogP contribution in [0.5, 0.6) is 0 Å². The molecule has 0 spiro atoms. The van der Waals surface area contributed by atoms with E-state index in [1.165, 1.54) is 11.6 Å². The fourth-order valence-corrected chi connectivity index (χ4v) is 3.11. The molecule has 0 saturated carbocycles. The van der Waals surface area contributed by atoms with Gasteiger partial charge in [0, 0.05) is 0 Å². The van der Waals surface area contributed by atoms with Crippen LogP contribution < -0.4 is 0 Å². The van der Waals surface area contributed by atoms with E-state index in [1.807, 2.05) is 5.38 Å². The van der Waals surface area contributed by atoms with E-state index in [-0.39, 0.29) is 10.6 Å². The summed E-state index contributed by atoms with van der Waals surface area (Å²) in [5, 5.41) is 4.11. The van der Waals surface area contributed by atoms with Crippen LogP contribution in [0, 0.1) is 5.82 Å². The van der Waals surface area contributed by atoms with Gasteiger partial charge in [0.2, 0.25) is 0 Å². The molecule has 0 radical (unpaired) electrons. The normalized spacial score (nSPS) is 12.7. The smallest absolute Gasteiger partial charge is 0.137 e. The van der Waals surface area contributed by atoms with Gasteiger partial charge in [0.1, 0.15) is 5.82 Å². The molecule has 0 bridgehead atoms. The monoisotopic (exact) mass is 348 g/mol. The van der Waals surface area contributed by atoms with E-state index in [2.05, 4.69) is 43.3 Å². The van der Waals surface area contributed by atoms with Gasteiger partial charge in [-0.05, 0) is 56.0 Å². The number of rotatable bonds is 2. The van der Waals surface area contributed by atoms with E-state index in [0.29, 0.717) is 4.47 Å². The van der Waals surface area contributed by atoms with Crippen molar-refractivity contribution in [3.8, 4) is 0 Å². The molecule has 0 aliphatic heterocycles. The third kappa shape index (κ3) is 2.49. The molecule has 15 heavy (non-hydrogen) atoms. The summed E-state index contributed by atoms with van der Waals surface area (Å²) >= 11 is 8.43. The lowest BCUT2D eigenvalue weighted by Crippen LogP contribution is -1.91. The number of hydrogen-bond donors (Lipinski definition) is 0. The molecule has 0 nitrogen and oxygen atoms in total. The van der Waals surface area contributed by atoms with Crippen LogP contribution in [0.3, 0.4) is 0 Å². The molecule has 0 saturated heterocycles. The lowest BCUT2D eigenvalue weighted by molar-refractivity contribution is 0.620. The molecule has 1 aromatic carbocycles. The number of benzene rings is 1. The van der Waals surface area contributed by atoms with E-state index in [0.717, 1.165) is 5.56 Å². The lowest BCUT2D eigenvalue weighted by atomic mass is 10.1. The largest absolute Gasteiger partial charge is 0.206 e. The molecule has 0 amide bonds. The summed E-state index contributed by atoms with van der Waals surface area (Å²) in [6.07, 6.45) is 0. The van der Waals surface area contributed by atoms with Gasteiger partial charge in [-0.25, -0.2) is 4.39 Å². The Hall–Kier alpha value is -0.190. The van der Waals surface area contributed by atoms with Crippen molar-refractivity contribution in [3.05, 3.63) is 56.4 Å². The molecule has 2 aromatic rings. The first-order valence-electron chi connectivity index (χ1n) is 4.29. The van der Waals surface area contributed by atoms with Crippen LogP contribution in [0.4, 0.5) is 4.39 Å². The summed E-state index contributed by atoms with van der Waals surface area (Å²) in [6.45, 7) is 0. The van der Waals surface area contributed by atoms with Crippen LogP contribution in [-0.4, -0.2) is 0 Å². The summed E-state index contributed by atoms with van der Waals surface area (Å²) in [7, 11) is 0. The van der Waals surface area contributed by atoms with Gasteiger partial charge in [0.05, 0.1) is 9.30 Å². The van der Waals surface area contributed by atoms with E-state index >= 15 is 0 Å². The zero-order valence-corrected chi connectivity index (χ0v) is 11.6. The van der Waals surface area contributed by atoms with E-state index < -0.39 is 0 Å². The summed E-state index contributed by atoms with van der Waals surface area (Å²) in [5.41, 5.74) is 2.24. The molecular weight excluding hydrogens is 343 g/mol. The second-order valence-electron chi connectivity index (χ2n) is 3.09. The SMILES string of the molecule is Fc1ccc(C(Br)c2ccsc2)cc1Br. The molecule has 1 atom stereocenters. The van der Waals surface area contributed by atoms with Crippen molar-refractivity contribution in [1.29, 1.82) is 0 Å². The van der Waals surface area contributed by atoms with Crippen LogP contribution in [0.2, 0.25) is 0 Å². The highest BCUT2D eigenvalue weighted by Gasteiger charge is 2.12. The van der Waals surface area contributed by atoms with Gasteiger partial charge < -0.3 is 0 Å². The average Bonchev–Trinajstić information content (AvgIpc) is 2.74. The highest BCUT2D eigenvalue weighted by Crippen LogP contribution is 2.33. The van der Waals surface area contributed by atoms with Crippen molar-refractivity contribution in [2.45, 2.75) is 4.83 Å². The van der Waals surface area contributed by atoms with Crippen LogP contribution in [-0.2, 0) is 0 Å². The maximum absolute atomic E-state index is 13.0. The predicted molar refractivity (Wildman–Crippen MR) is 69.2 cm³/mol. The minimum atomic E-state index is -0.233. The summed E-state index contributed by atoms with van der Waals surface area (Å²) < 4.78 is 13.5. The summed E-state index contributed by atoms with van der Waals surface area (Å²) in [6, 6.07) is 7.12. The Balaban J connectivity index is 2.34. The zero-order valence-electron chi connectivity index (χ0n) is 7.58. The van der Waals surface area contributed by atoms with Gasteiger partial charge in [-0.3, -0.25) is 0 Å². The first-order chi connectivity index (χ1) is 7.18. The molecule has 0 N–H and O–H groups in total. The molecule has 0 fully saturated rings. The predicted octanol–water partition coefficient (Wildman–Crippen LogP) is 5.13. The minimum Gasteiger partial charge on any atom is -0.206 e. The van der Waals surface area contributed by atoms with Crippen molar-refractivity contribution in [2.75, 3.05) is 0 Å². The Bertz CT molecular complexity index is 454. The Morgan fingerprint density at radius 1 is 1.20 bits per heavy atom. The van der Waals surface area contributed by atoms with Crippen molar-refractivity contribution < 1.29 is 4.39 Å². The van der Waals surface area contributed by atoms with Crippen LogP contribution >= 0.6 is 43.2 Å². The number of halogens is 3. The fourth-order valence-electron chi connectivity index (χ4n) is 1.28. The molecular formula is C11H7Br2FS. The molecule has 1 heterocycles. The van der Waals surface area contributed by atoms with E-state index in [1.54, 1.807) is 23.5 Å². The molecule has 78 valence electrons. The van der Waals surface area contributed by atoms with Crippen molar-refractivity contribution in [3.63, 3.8) is 0 Å². The summed E-state index contributed by atoms with van der Waals surface area (Å²) in [4.78, 5) is 0.126. The van der Waals surface area contributed by atoms with Gasteiger partial charge in [0.25, 0.3) is 0 Å². The van der Waals surface area contributed by atoms with Gasteiger partial charge in [-0.1, -0.05) is 22.0 Å². The Kier molecular flexibility index (Phi) is 3.59. The maximum atomic E-state index is 13.0. The fraction of sp³-hybridized carbons (Fsp3) is 0.0909. The van der Waals surface area contributed by atoms with E-state index in [4.69, 9.17) is 0 Å². The van der Waals surface area contributed by atoms with E-state index in [9.17, 15) is 4.39 Å². The van der Waals surface area contributed by atoms with Crippen molar-refractivity contribution >= 4 is 43.2 Å². The molecule has 2 rings (SSSR count). The topological polar surface area (TPSA) is 0 Å². The highest BCUT2D eigenvalue weighted by molar-refractivity contribution is 9.10. The minimum absolute atomic E-state index is 0.126. The molecule has 1 aromatic heterocycles. The number of alkyl halides is 1. The molecule has 0 aliphatic rings. The summed E-state index contributed by atoms with van der Waals surface area (Å²) in [5.74, 6) is -0.233. The zero-order chi connectivity index (χ0) is 10.8. The third-order valence-corrected chi connectivity index (χ3v) is 4.44. The third-order valence-electron chi connectivity index (χ3n) is 2.07. The molecule has 0 aliphatic carbocycles. The Morgan fingerprint density at radius 3 is 2.60 bits per heavy atom. The van der Waals surface area contributed by atoms with Gasteiger partial charge in [-0.2, -0.15) is 11.3 Å². The Labute approximate surface area is 108 Å². The van der Waals surface area contributed by atoms with Gasteiger partial charge in [0.15, 0.2) is 0 Å². The van der Waals surface area contributed by atoms with Gasteiger partial charge in [-0.15, -0.1) is 0 Å². The second-order valence-corrected chi connectivity index (χ2v) is 5.64. The number of thiophene rings is 1. The van der Waals surface area contributed by atoms with Crippen molar-refractivity contribution in [1.82, 2.24) is 0 Å². The second kappa shape index (κ2) is 4.76. The highest BCUT2D eigenvalue weighted by atomic mass is 79.9. The van der Waals surface area contributed by atoms with Gasteiger partial charge >= 0.3 is 0 Å². The lowest BCUT2D eigenvalue weighted by Gasteiger charge is -2.09. The number of hydrogen-bond acceptors (Lipinski definition) is 1. The van der Waals surface area contributed by atoms with Crippen LogP contribution in [0.15, 0.2) is 39.5 Å². The Morgan fingerprint density at radius 2 is 2.00 bits per heavy atom. The van der Waals surface area contributed by atoms with Crippen molar-refractivity contribution in [2.24, 2.45) is 0 Å².